The minimum atomic E-state index is -4.33. The number of rotatable bonds is 7. The SMILES string of the molecule is CC(=O)Oc1ccc(O)cc1.CNCCC(Oc1ccc(C(F)(F)F)cc1)c1ccccc1.Cl. The van der Waals surface area contributed by atoms with Crippen LogP contribution in [0.5, 0.6) is 17.2 Å². The van der Waals surface area contributed by atoms with E-state index in [1.54, 1.807) is 0 Å². The molecular formula is C25H27ClF3NO4. The van der Waals surface area contributed by atoms with Gasteiger partial charge < -0.3 is 19.9 Å². The minimum absolute atomic E-state index is 0. The summed E-state index contributed by atoms with van der Waals surface area (Å²) in [5.41, 5.74) is 0.323. The Morgan fingerprint density at radius 3 is 2.00 bits per heavy atom. The molecule has 0 aliphatic heterocycles. The Kier molecular flexibility index (Phi) is 12.0. The number of alkyl halides is 3. The van der Waals surface area contributed by atoms with E-state index < -0.39 is 11.7 Å². The Bertz CT molecular complexity index is 982. The van der Waals surface area contributed by atoms with Crippen LogP contribution in [0.4, 0.5) is 13.2 Å². The first kappa shape index (κ1) is 28.8. The number of aromatic hydroxyl groups is 1. The summed E-state index contributed by atoms with van der Waals surface area (Å²) >= 11 is 0. The molecule has 0 spiro atoms. The van der Waals surface area contributed by atoms with E-state index in [9.17, 15) is 18.0 Å². The summed E-state index contributed by atoms with van der Waals surface area (Å²) in [5, 5.41) is 11.9. The number of hydrogen-bond acceptors (Lipinski definition) is 5. The van der Waals surface area contributed by atoms with Crippen molar-refractivity contribution in [2.75, 3.05) is 13.6 Å². The van der Waals surface area contributed by atoms with Crippen molar-refractivity contribution in [1.29, 1.82) is 0 Å². The van der Waals surface area contributed by atoms with Gasteiger partial charge >= 0.3 is 12.1 Å². The number of carbonyl (C=O) groups excluding carboxylic acids is 1. The molecule has 0 amide bonds. The van der Waals surface area contributed by atoms with Gasteiger partial charge in [-0.2, -0.15) is 13.2 Å². The highest BCUT2D eigenvalue weighted by Gasteiger charge is 2.30. The molecule has 34 heavy (non-hydrogen) atoms. The fourth-order valence-corrected chi connectivity index (χ4v) is 2.80. The normalized spacial score (nSPS) is 11.3. The first-order chi connectivity index (χ1) is 15.7. The van der Waals surface area contributed by atoms with Crippen molar-refractivity contribution in [3.05, 3.63) is 90.0 Å². The third-order valence-electron chi connectivity index (χ3n) is 4.39. The number of phenolic OH excluding ortho intramolecular Hbond substituents is 1. The van der Waals surface area contributed by atoms with Gasteiger partial charge in [0.15, 0.2) is 0 Å². The lowest BCUT2D eigenvalue weighted by Crippen LogP contribution is -2.16. The van der Waals surface area contributed by atoms with Crippen molar-refractivity contribution < 1.29 is 32.5 Å². The van der Waals surface area contributed by atoms with Gasteiger partial charge in [0.1, 0.15) is 23.4 Å². The molecule has 1 unspecified atom stereocenters. The van der Waals surface area contributed by atoms with E-state index in [4.69, 9.17) is 14.6 Å². The molecule has 3 aromatic rings. The molecule has 0 heterocycles. The Hall–Kier alpha value is -3.23. The fraction of sp³-hybridized carbons (Fsp3) is 0.240. The molecule has 1 atom stereocenters. The van der Waals surface area contributed by atoms with E-state index in [1.807, 2.05) is 37.4 Å². The topological polar surface area (TPSA) is 67.8 Å². The van der Waals surface area contributed by atoms with E-state index >= 15 is 0 Å². The zero-order valence-corrected chi connectivity index (χ0v) is 19.5. The summed E-state index contributed by atoms with van der Waals surface area (Å²) in [6, 6.07) is 20.4. The molecule has 0 bridgehead atoms. The number of carbonyl (C=O) groups is 1. The molecule has 3 aromatic carbocycles. The Balaban J connectivity index is 0.000000407. The van der Waals surface area contributed by atoms with Crippen molar-refractivity contribution in [3.8, 4) is 17.2 Å². The molecule has 3 rings (SSSR count). The molecule has 9 heteroatoms. The van der Waals surface area contributed by atoms with Crippen LogP contribution in [0.15, 0.2) is 78.9 Å². The number of ether oxygens (including phenoxy) is 2. The summed E-state index contributed by atoms with van der Waals surface area (Å²) in [6.45, 7) is 2.08. The molecular weight excluding hydrogens is 471 g/mol. The summed E-state index contributed by atoms with van der Waals surface area (Å²) in [6.07, 6.45) is -3.81. The van der Waals surface area contributed by atoms with Crippen molar-refractivity contribution in [2.45, 2.75) is 25.6 Å². The molecule has 0 aromatic heterocycles. The van der Waals surface area contributed by atoms with Crippen LogP contribution in [-0.4, -0.2) is 24.7 Å². The average molecular weight is 498 g/mol. The number of phenols is 1. The smallest absolute Gasteiger partial charge is 0.416 e. The van der Waals surface area contributed by atoms with Gasteiger partial charge in [0.2, 0.25) is 0 Å². The van der Waals surface area contributed by atoms with E-state index in [0.29, 0.717) is 11.5 Å². The van der Waals surface area contributed by atoms with Crippen molar-refractivity contribution >= 4 is 18.4 Å². The minimum Gasteiger partial charge on any atom is -0.508 e. The highest BCUT2D eigenvalue weighted by Crippen LogP contribution is 2.31. The molecule has 0 radical (unpaired) electrons. The van der Waals surface area contributed by atoms with Gasteiger partial charge in [-0.15, -0.1) is 12.4 Å². The third kappa shape index (κ3) is 10.1. The maximum absolute atomic E-state index is 12.6. The zero-order chi connectivity index (χ0) is 24.3. The summed E-state index contributed by atoms with van der Waals surface area (Å²) in [4.78, 5) is 10.4. The lowest BCUT2D eigenvalue weighted by molar-refractivity contribution is -0.137. The molecule has 184 valence electrons. The van der Waals surface area contributed by atoms with Gasteiger partial charge in [0.25, 0.3) is 0 Å². The predicted molar refractivity (Wildman–Crippen MR) is 126 cm³/mol. The van der Waals surface area contributed by atoms with Gasteiger partial charge in [-0.1, -0.05) is 30.3 Å². The second-order valence-electron chi connectivity index (χ2n) is 7.02. The molecule has 2 N–H and O–H groups in total. The first-order valence-electron chi connectivity index (χ1n) is 10.2. The second kappa shape index (κ2) is 14.1. The number of halogens is 4. The van der Waals surface area contributed by atoms with Crippen molar-refractivity contribution in [1.82, 2.24) is 5.32 Å². The molecule has 0 saturated carbocycles. The molecule has 0 aliphatic carbocycles. The van der Waals surface area contributed by atoms with E-state index in [1.165, 1.54) is 43.3 Å². The predicted octanol–water partition coefficient (Wildman–Crippen LogP) is 6.17. The van der Waals surface area contributed by atoms with Gasteiger partial charge in [0.05, 0.1) is 5.56 Å². The monoisotopic (exact) mass is 497 g/mol. The van der Waals surface area contributed by atoms with Crippen molar-refractivity contribution in [2.24, 2.45) is 0 Å². The van der Waals surface area contributed by atoms with Gasteiger partial charge in [-0.3, -0.25) is 4.79 Å². The maximum Gasteiger partial charge on any atom is 0.416 e. The first-order valence-corrected chi connectivity index (χ1v) is 10.2. The Labute approximate surface area is 202 Å². The van der Waals surface area contributed by atoms with Crippen LogP contribution >= 0.6 is 12.4 Å². The maximum atomic E-state index is 12.6. The Morgan fingerprint density at radius 2 is 1.50 bits per heavy atom. The summed E-state index contributed by atoms with van der Waals surface area (Å²) < 4.78 is 48.3. The largest absolute Gasteiger partial charge is 0.508 e. The summed E-state index contributed by atoms with van der Waals surface area (Å²) in [7, 11) is 1.85. The number of benzene rings is 3. The van der Waals surface area contributed by atoms with Crippen LogP contribution < -0.4 is 14.8 Å². The fourth-order valence-electron chi connectivity index (χ4n) is 2.80. The zero-order valence-electron chi connectivity index (χ0n) is 18.7. The van der Waals surface area contributed by atoms with Crippen LogP contribution in [0.2, 0.25) is 0 Å². The molecule has 0 aliphatic rings. The highest BCUT2D eigenvalue weighted by atomic mass is 35.5. The van der Waals surface area contributed by atoms with Crippen molar-refractivity contribution in [3.63, 3.8) is 0 Å². The standard InChI is InChI=1S/C17H18F3NO.C8H8O3.ClH/c1-21-12-11-16(13-5-3-2-4-6-13)22-15-9-7-14(8-10-15)17(18,19)20;1-6(9)11-8-4-2-7(10)3-5-8;/h2-10,16,21H,11-12H2,1H3;2-5,10H,1H3;1H. The number of nitrogens with one attached hydrogen (secondary N) is 1. The van der Waals surface area contributed by atoms with Crippen LogP contribution in [0.25, 0.3) is 0 Å². The van der Waals surface area contributed by atoms with E-state index in [0.717, 1.165) is 30.7 Å². The van der Waals surface area contributed by atoms with Gasteiger partial charge in [-0.25, -0.2) is 0 Å². The van der Waals surface area contributed by atoms with Crippen LogP contribution in [0.3, 0.4) is 0 Å². The average Bonchev–Trinajstić information content (AvgIpc) is 2.79. The lowest BCUT2D eigenvalue weighted by atomic mass is 10.1. The lowest BCUT2D eigenvalue weighted by Gasteiger charge is -2.20. The Morgan fingerprint density at radius 1 is 0.941 bits per heavy atom. The summed E-state index contributed by atoms with van der Waals surface area (Å²) in [5.74, 6) is 0.657. The van der Waals surface area contributed by atoms with Gasteiger partial charge in [0, 0.05) is 13.3 Å². The molecule has 5 nitrogen and oxygen atoms in total. The number of esters is 1. The van der Waals surface area contributed by atoms with E-state index in [2.05, 4.69) is 5.32 Å². The van der Waals surface area contributed by atoms with Crippen LogP contribution in [-0.2, 0) is 11.0 Å². The van der Waals surface area contributed by atoms with E-state index in [-0.39, 0.29) is 30.2 Å². The number of hydrogen-bond donors (Lipinski definition) is 2. The quantitative estimate of drug-likeness (QED) is 0.301. The van der Waals surface area contributed by atoms with Gasteiger partial charge in [-0.05, 0) is 67.7 Å². The van der Waals surface area contributed by atoms with Crippen LogP contribution in [0, 0.1) is 0 Å². The molecule has 0 saturated heterocycles. The second-order valence-corrected chi connectivity index (χ2v) is 7.02. The van der Waals surface area contributed by atoms with Crippen LogP contribution in [0.1, 0.15) is 30.6 Å². The molecule has 0 fully saturated rings. The third-order valence-corrected chi connectivity index (χ3v) is 4.39. The highest BCUT2D eigenvalue weighted by molar-refractivity contribution is 5.85.